The Balaban J connectivity index is 1.55. The Labute approximate surface area is 161 Å². The standard InChI is InChI=1S/C19H19N5O2S/c25-19(16-13-27-18(23-16)17-21-8-4-9-22-17)24(12-15-6-3-10-26-15)11-14-5-1-2-7-20-14/h1-2,4-5,7-9,13,15H,3,6,10-12H2. The molecule has 138 valence electrons. The first kappa shape index (κ1) is 17.7. The van der Waals surface area contributed by atoms with Crippen LogP contribution in [0.4, 0.5) is 0 Å². The Morgan fingerprint density at radius 3 is 2.78 bits per heavy atom. The second-order valence-corrected chi connectivity index (χ2v) is 7.11. The molecule has 0 aromatic carbocycles. The van der Waals surface area contributed by atoms with Gasteiger partial charge < -0.3 is 9.64 Å². The summed E-state index contributed by atoms with van der Waals surface area (Å²) in [6, 6.07) is 7.45. The van der Waals surface area contributed by atoms with E-state index in [-0.39, 0.29) is 12.0 Å². The minimum Gasteiger partial charge on any atom is -0.376 e. The molecule has 1 atom stereocenters. The van der Waals surface area contributed by atoms with E-state index in [0.29, 0.717) is 29.6 Å². The summed E-state index contributed by atoms with van der Waals surface area (Å²) in [6.45, 7) is 1.71. The summed E-state index contributed by atoms with van der Waals surface area (Å²) >= 11 is 1.37. The van der Waals surface area contributed by atoms with E-state index in [2.05, 4.69) is 19.9 Å². The average molecular weight is 381 g/mol. The van der Waals surface area contributed by atoms with Crippen molar-refractivity contribution in [2.24, 2.45) is 0 Å². The zero-order valence-corrected chi connectivity index (χ0v) is 15.5. The Morgan fingerprint density at radius 1 is 1.19 bits per heavy atom. The number of amides is 1. The molecular weight excluding hydrogens is 362 g/mol. The van der Waals surface area contributed by atoms with Gasteiger partial charge in [-0.1, -0.05) is 6.07 Å². The fourth-order valence-electron chi connectivity index (χ4n) is 2.99. The van der Waals surface area contributed by atoms with Gasteiger partial charge in [-0.15, -0.1) is 11.3 Å². The summed E-state index contributed by atoms with van der Waals surface area (Å²) in [7, 11) is 0. The van der Waals surface area contributed by atoms with Crippen molar-refractivity contribution in [1.29, 1.82) is 0 Å². The molecule has 4 heterocycles. The summed E-state index contributed by atoms with van der Waals surface area (Å²) in [6.07, 6.45) is 7.12. The van der Waals surface area contributed by atoms with Gasteiger partial charge in [0, 0.05) is 37.1 Å². The van der Waals surface area contributed by atoms with Crippen LogP contribution in [0.5, 0.6) is 0 Å². The van der Waals surface area contributed by atoms with Gasteiger partial charge >= 0.3 is 0 Å². The number of carbonyl (C=O) groups is 1. The number of hydrogen-bond acceptors (Lipinski definition) is 7. The molecule has 0 bridgehead atoms. The van der Waals surface area contributed by atoms with E-state index in [0.717, 1.165) is 25.1 Å². The SMILES string of the molecule is O=C(c1csc(-c2ncccn2)n1)N(Cc1ccccn1)CC1CCCO1. The van der Waals surface area contributed by atoms with Crippen LogP contribution in [0.2, 0.25) is 0 Å². The molecule has 3 aromatic rings. The van der Waals surface area contributed by atoms with Gasteiger partial charge in [0.05, 0.1) is 18.3 Å². The topological polar surface area (TPSA) is 81.1 Å². The molecular formula is C19H19N5O2S. The highest BCUT2D eigenvalue weighted by Gasteiger charge is 2.25. The molecule has 1 aliphatic heterocycles. The van der Waals surface area contributed by atoms with Crippen LogP contribution in [0, 0.1) is 0 Å². The number of nitrogens with zero attached hydrogens (tertiary/aromatic N) is 5. The lowest BCUT2D eigenvalue weighted by molar-refractivity contribution is 0.0500. The van der Waals surface area contributed by atoms with Crippen molar-refractivity contribution in [3.05, 3.63) is 59.6 Å². The van der Waals surface area contributed by atoms with Gasteiger partial charge in [0.25, 0.3) is 5.91 Å². The molecule has 1 amide bonds. The Bertz CT molecular complexity index is 881. The van der Waals surface area contributed by atoms with Crippen LogP contribution in [-0.4, -0.2) is 50.0 Å². The number of rotatable bonds is 6. The van der Waals surface area contributed by atoms with Gasteiger partial charge in [-0.3, -0.25) is 9.78 Å². The van der Waals surface area contributed by atoms with E-state index in [9.17, 15) is 4.79 Å². The van der Waals surface area contributed by atoms with Gasteiger partial charge in [0.2, 0.25) is 0 Å². The van der Waals surface area contributed by atoms with E-state index in [1.807, 2.05) is 18.2 Å². The van der Waals surface area contributed by atoms with Crippen LogP contribution in [0.3, 0.4) is 0 Å². The quantitative estimate of drug-likeness (QED) is 0.653. The maximum Gasteiger partial charge on any atom is 0.273 e. The minimum absolute atomic E-state index is 0.0632. The number of hydrogen-bond donors (Lipinski definition) is 0. The molecule has 27 heavy (non-hydrogen) atoms. The highest BCUT2D eigenvalue weighted by Crippen LogP contribution is 2.22. The molecule has 1 aliphatic rings. The maximum atomic E-state index is 13.1. The van der Waals surface area contributed by atoms with Crippen LogP contribution >= 0.6 is 11.3 Å². The predicted octanol–water partition coefficient (Wildman–Crippen LogP) is 2.82. The van der Waals surface area contributed by atoms with Crippen LogP contribution in [0.1, 0.15) is 29.0 Å². The zero-order valence-electron chi connectivity index (χ0n) is 14.7. The van der Waals surface area contributed by atoms with E-state index in [4.69, 9.17) is 4.74 Å². The fraction of sp³-hybridized carbons (Fsp3) is 0.316. The Hall–Kier alpha value is -2.71. The second-order valence-electron chi connectivity index (χ2n) is 6.25. The normalized spacial score (nSPS) is 16.4. The molecule has 0 aliphatic carbocycles. The van der Waals surface area contributed by atoms with Crippen molar-refractivity contribution in [3.63, 3.8) is 0 Å². The molecule has 0 saturated carbocycles. The maximum absolute atomic E-state index is 13.1. The van der Waals surface area contributed by atoms with Crippen LogP contribution in [0.15, 0.2) is 48.2 Å². The van der Waals surface area contributed by atoms with Crippen molar-refractivity contribution < 1.29 is 9.53 Å². The third-order valence-corrected chi connectivity index (χ3v) is 5.13. The van der Waals surface area contributed by atoms with Gasteiger partial charge in [-0.25, -0.2) is 15.0 Å². The number of carbonyl (C=O) groups excluding carboxylic acids is 1. The van der Waals surface area contributed by atoms with Crippen LogP contribution in [-0.2, 0) is 11.3 Å². The number of pyridine rings is 1. The average Bonchev–Trinajstić information content (AvgIpc) is 3.41. The summed E-state index contributed by atoms with van der Waals surface area (Å²) in [5.41, 5.74) is 1.24. The summed E-state index contributed by atoms with van der Waals surface area (Å²) in [4.78, 5) is 32.1. The zero-order chi connectivity index (χ0) is 18.5. The van der Waals surface area contributed by atoms with Gasteiger partial charge in [-0.2, -0.15) is 0 Å². The van der Waals surface area contributed by atoms with Crippen molar-refractivity contribution in [2.45, 2.75) is 25.5 Å². The van der Waals surface area contributed by atoms with Gasteiger partial charge in [0.15, 0.2) is 10.8 Å². The molecule has 1 fully saturated rings. The first-order valence-electron chi connectivity index (χ1n) is 8.83. The van der Waals surface area contributed by atoms with E-state index >= 15 is 0 Å². The molecule has 4 rings (SSSR count). The van der Waals surface area contributed by atoms with Crippen molar-refractivity contribution in [3.8, 4) is 10.8 Å². The lowest BCUT2D eigenvalue weighted by Crippen LogP contribution is -2.37. The number of ether oxygens (including phenoxy) is 1. The smallest absolute Gasteiger partial charge is 0.273 e. The monoisotopic (exact) mass is 381 g/mol. The lowest BCUT2D eigenvalue weighted by Gasteiger charge is -2.24. The Kier molecular flexibility index (Phi) is 5.45. The third kappa shape index (κ3) is 4.35. The first-order chi connectivity index (χ1) is 13.3. The van der Waals surface area contributed by atoms with Gasteiger partial charge in [-0.05, 0) is 31.0 Å². The molecule has 0 spiro atoms. The van der Waals surface area contributed by atoms with Crippen molar-refractivity contribution in [2.75, 3.05) is 13.2 Å². The van der Waals surface area contributed by atoms with Crippen LogP contribution < -0.4 is 0 Å². The Morgan fingerprint density at radius 2 is 2.04 bits per heavy atom. The van der Waals surface area contributed by atoms with E-state index in [1.54, 1.807) is 34.9 Å². The van der Waals surface area contributed by atoms with Gasteiger partial charge in [0.1, 0.15) is 5.69 Å². The fourth-order valence-corrected chi connectivity index (χ4v) is 3.73. The number of aromatic nitrogens is 4. The molecule has 7 nitrogen and oxygen atoms in total. The largest absolute Gasteiger partial charge is 0.376 e. The van der Waals surface area contributed by atoms with Crippen molar-refractivity contribution in [1.82, 2.24) is 24.8 Å². The first-order valence-corrected chi connectivity index (χ1v) is 9.71. The summed E-state index contributed by atoms with van der Waals surface area (Å²) in [5.74, 6) is 0.395. The van der Waals surface area contributed by atoms with Crippen LogP contribution in [0.25, 0.3) is 10.8 Å². The molecule has 8 heteroatoms. The second kappa shape index (κ2) is 8.32. The molecule has 1 unspecified atom stereocenters. The molecule has 0 N–H and O–H groups in total. The predicted molar refractivity (Wildman–Crippen MR) is 101 cm³/mol. The van der Waals surface area contributed by atoms with Crippen molar-refractivity contribution >= 4 is 17.2 Å². The highest BCUT2D eigenvalue weighted by molar-refractivity contribution is 7.13. The highest BCUT2D eigenvalue weighted by atomic mass is 32.1. The third-order valence-electron chi connectivity index (χ3n) is 4.29. The molecule has 3 aromatic heterocycles. The number of thiazole rings is 1. The minimum atomic E-state index is -0.130. The molecule has 1 saturated heterocycles. The summed E-state index contributed by atoms with van der Waals surface area (Å²) < 4.78 is 5.73. The summed E-state index contributed by atoms with van der Waals surface area (Å²) in [5, 5.41) is 2.39. The van der Waals surface area contributed by atoms with E-state index in [1.165, 1.54) is 11.3 Å². The molecule has 0 radical (unpaired) electrons. The van der Waals surface area contributed by atoms with E-state index < -0.39 is 0 Å². The lowest BCUT2D eigenvalue weighted by atomic mass is 10.2.